The molecule has 0 aliphatic carbocycles. The average molecular weight is 472 g/mol. The Morgan fingerprint density at radius 1 is 0.829 bits per heavy atom. The molecule has 0 aliphatic heterocycles. The standard InChI is InChI=1S/C28H29N3O4/c1-4-34-25-17-24(31-28(33)19-11-7-6-8-12-19)26(35-5-2)16-23(25)30-27(32)15-21-18(3)29-22-14-10-9-13-20(21)22/h6-14,16-17,29H,4-5,15H2,1-3H3,(H,30,32)(H,31,33). The fourth-order valence-electron chi connectivity index (χ4n) is 4.01. The molecule has 7 heteroatoms. The summed E-state index contributed by atoms with van der Waals surface area (Å²) >= 11 is 0. The van der Waals surface area contributed by atoms with Crippen LogP contribution in [0.15, 0.2) is 66.7 Å². The minimum atomic E-state index is -0.263. The van der Waals surface area contributed by atoms with Crippen molar-refractivity contribution in [3.63, 3.8) is 0 Å². The van der Waals surface area contributed by atoms with E-state index in [1.165, 1.54) is 0 Å². The van der Waals surface area contributed by atoms with Crippen LogP contribution in [-0.4, -0.2) is 30.0 Å². The van der Waals surface area contributed by atoms with Crippen LogP contribution >= 0.6 is 0 Å². The summed E-state index contributed by atoms with van der Waals surface area (Å²) in [6.07, 6.45) is 0.206. The summed E-state index contributed by atoms with van der Waals surface area (Å²) in [5.74, 6) is 0.449. The monoisotopic (exact) mass is 471 g/mol. The summed E-state index contributed by atoms with van der Waals surface area (Å²) in [6.45, 7) is 6.47. The number of hydrogen-bond acceptors (Lipinski definition) is 4. The van der Waals surface area contributed by atoms with E-state index in [1.807, 2.05) is 51.1 Å². The van der Waals surface area contributed by atoms with Crippen LogP contribution in [0, 0.1) is 6.92 Å². The Balaban J connectivity index is 1.61. The van der Waals surface area contributed by atoms with E-state index in [1.54, 1.807) is 36.4 Å². The number of carbonyl (C=O) groups is 2. The molecule has 0 radical (unpaired) electrons. The molecule has 2 amide bonds. The smallest absolute Gasteiger partial charge is 0.255 e. The first kappa shape index (κ1) is 23.9. The van der Waals surface area contributed by atoms with Gasteiger partial charge in [0.2, 0.25) is 5.91 Å². The van der Waals surface area contributed by atoms with Crippen molar-refractivity contribution >= 4 is 34.1 Å². The quantitative estimate of drug-likeness (QED) is 0.292. The first-order chi connectivity index (χ1) is 17.0. The first-order valence-electron chi connectivity index (χ1n) is 11.7. The molecule has 3 aromatic carbocycles. The van der Waals surface area contributed by atoms with Gasteiger partial charge in [-0.3, -0.25) is 9.59 Å². The van der Waals surface area contributed by atoms with Gasteiger partial charge in [-0.2, -0.15) is 0 Å². The highest BCUT2D eigenvalue weighted by atomic mass is 16.5. The third kappa shape index (κ3) is 5.46. The van der Waals surface area contributed by atoms with Crippen LogP contribution in [0.5, 0.6) is 11.5 Å². The fourth-order valence-corrected chi connectivity index (χ4v) is 4.01. The Hall–Kier alpha value is -4.26. The number of rotatable bonds is 9. The van der Waals surface area contributed by atoms with Gasteiger partial charge in [-0.1, -0.05) is 36.4 Å². The summed E-state index contributed by atoms with van der Waals surface area (Å²) in [5, 5.41) is 6.89. The number of aromatic nitrogens is 1. The number of aromatic amines is 1. The van der Waals surface area contributed by atoms with Crippen LogP contribution in [0.3, 0.4) is 0 Å². The van der Waals surface area contributed by atoms with E-state index in [0.29, 0.717) is 41.7 Å². The third-order valence-electron chi connectivity index (χ3n) is 5.60. The Morgan fingerprint density at radius 2 is 1.43 bits per heavy atom. The Labute approximate surface area is 204 Å². The SMILES string of the molecule is CCOc1cc(NC(=O)c2ccccc2)c(OCC)cc1NC(=O)Cc1c(C)[nH]c2ccccc12. The number of anilines is 2. The average Bonchev–Trinajstić information content (AvgIpc) is 3.17. The Kier molecular flexibility index (Phi) is 7.35. The van der Waals surface area contributed by atoms with Crippen LogP contribution < -0.4 is 20.1 Å². The second kappa shape index (κ2) is 10.8. The lowest BCUT2D eigenvalue weighted by atomic mass is 10.1. The predicted molar refractivity (Wildman–Crippen MR) is 139 cm³/mol. The lowest BCUT2D eigenvalue weighted by Crippen LogP contribution is -2.17. The maximum atomic E-state index is 13.1. The number of benzene rings is 3. The van der Waals surface area contributed by atoms with Gasteiger partial charge in [-0.15, -0.1) is 0 Å². The molecule has 0 atom stereocenters. The molecule has 7 nitrogen and oxygen atoms in total. The van der Waals surface area contributed by atoms with Gasteiger partial charge in [0.25, 0.3) is 5.91 Å². The Morgan fingerprint density at radius 3 is 2.09 bits per heavy atom. The molecule has 0 saturated heterocycles. The number of nitrogens with one attached hydrogen (secondary N) is 3. The summed E-state index contributed by atoms with van der Waals surface area (Å²) < 4.78 is 11.6. The van der Waals surface area contributed by atoms with E-state index >= 15 is 0 Å². The minimum Gasteiger partial charge on any atom is -0.492 e. The van der Waals surface area contributed by atoms with Crippen molar-refractivity contribution in [1.29, 1.82) is 0 Å². The molecule has 35 heavy (non-hydrogen) atoms. The minimum absolute atomic E-state index is 0.178. The Bertz CT molecular complexity index is 1350. The fraction of sp³-hybridized carbons (Fsp3) is 0.214. The zero-order valence-electron chi connectivity index (χ0n) is 20.1. The molecule has 1 aromatic heterocycles. The van der Waals surface area contributed by atoms with Gasteiger partial charge in [0.05, 0.1) is 31.0 Å². The van der Waals surface area contributed by atoms with E-state index in [0.717, 1.165) is 22.2 Å². The molecule has 3 N–H and O–H groups in total. The highest BCUT2D eigenvalue weighted by Gasteiger charge is 2.18. The summed E-state index contributed by atoms with van der Waals surface area (Å²) in [5.41, 5.74) is 4.39. The van der Waals surface area contributed by atoms with Crippen molar-refractivity contribution in [3.8, 4) is 11.5 Å². The van der Waals surface area contributed by atoms with E-state index < -0.39 is 0 Å². The largest absolute Gasteiger partial charge is 0.492 e. The van der Waals surface area contributed by atoms with Gasteiger partial charge in [-0.05, 0) is 44.5 Å². The molecule has 0 saturated carbocycles. The third-order valence-corrected chi connectivity index (χ3v) is 5.60. The van der Waals surface area contributed by atoms with E-state index in [2.05, 4.69) is 15.6 Å². The molecular weight excluding hydrogens is 442 g/mol. The van der Waals surface area contributed by atoms with Gasteiger partial charge in [0, 0.05) is 34.3 Å². The van der Waals surface area contributed by atoms with Crippen LogP contribution in [0.2, 0.25) is 0 Å². The highest BCUT2D eigenvalue weighted by Crippen LogP contribution is 2.37. The van der Waals surface area contributed by atoms with Crippen molar-refractivity contribution in [2.75, 3.05) is 23.8 Å². The van der Waals surface area contributed by atoms with Crippen LogP contribution in [0.25, 0.3) is 10.9 Å². The van der Waals surface area contributed by atoms with Crippen LogP contribution in [0.4, 0.5) is 11.4 Å². The highest BCUT2D eigenvalue weighted by molar-refractivity contribution is 6.06. The number of carbonyl (C=O) groups excluding carboxylic acids is 2. The summed E-state index contributed by atoms with van der Waals surface area (Å²) in [7, 11) is 0. The number of ether oxygens (including phenoxy) is 2. The summed E-state index contributed by atoms with van der Waals surface area (Å²) in [6, 6.07) is 20.2. The number of amides is 2. The van der Waals surface area contributed by atoms with Crippen molar-refractivity contribution in [1.82, 2.24) is 4.98 Å². The van der Waals surface area contributed by atoms with Crippen LogP contribution in [-0.2, 0) is 11.2 Å². The molecule has 1 heterocycles. The van der Waals surface area contributed by atoms with Crippen molar-refractivity contribution < 1.29 is 19.1 Å². The predicted octanol–water partition coefficient (Wildman–Crippen LogP) is 5.71. The van der Waals surface area contributed by atoms with E-state index in [-0.39, 0.29) is 18.2 Å². The topological polar surface area (TPSA) is 92.4 Å². The molecule has 4 rings (SSSR count). The number of hydrogen-bond donors (Lipinski definition) is 3. The lowest BCUT2D eigenvalue weighted by Gasteiger charge is -2.18. The molecule has 4 aromatic rings. The van der Waals surface area contributed by atoms with Crippen molar-refractivity contribution in [3.05, 3.63) is 83.6 Å². The number of fused-ring (bicyclic) bond motifs is 1. The number of para-hydroxylation sites is 1. The van der Waals surface area contributed by atoms with Crippen molar-refractivity contribution in [2.24, 2.45) is 0 Å². The normalized spacial score (nSPS) is 10.7. The second-order valence-electron chi connectivity index (χ2n) is 8.03. The molecule has 0 spiro atoms. The molecule has 0 unspecified atom stereocenters. The van der Waals surface area contributed by atoms with Gasteiger partial charge in [0.1, 0.15) is 11.5 Å². The van der Waals surface area contributed by atoms with Gasteiger partial charge in [0.15, 0.2) is 0 Å². The molecule has 180 valence electrons. The van der Waals surface area contributed by atoms with Gasteiger partial charge >= 0.3 is 0 Å². The van der Waals surface area contributed by atoms with Gasteiger partial charge in [-0.25, -0.2) is 0 Å². The zero-order valence-corrected chi connectivity index (χ0v) is 20.1. The molecule has 0 bridgehead atoms. The molecule has 0 aliphatic rings. The summed E-state index contributed by atoms with van der Waals surface area (Å²) in [4.78, 5) is 29.1. The second-order valence-corrected chi connectivity index (χ2v) is 8.03. The lowest BCUT2D eigenvalue weighted by molar-refractivity contribution is -0.115. The van der Waals surface area contributed by atoms with Crippen molar-refractivity contribution in [2.45, 2.75) is 27.2 Å². The van der Waals surface area contributed by atoms with E-state index in [4.69, 9.17) is 9.47 Å². The van der Waals surface area contributed by atoms with E-state index in [9.17, 15) is 9.59 Å². The first-order valence-corrected chi connectivity index (χ1v) is 11.7. The zero-order chi connectivity index (χ0) is 24.8. The molecule has 0 fully saturated rings. The molecular formula is C28H29N3O4. The number of H-pyrrole nitrogens is 1. The van der Waals surface area contributed by atoms with Crippen LogP contribution in [0.1, 0.15) is 35.5 Å². The maximum Gasteiger partial charge on any atom is 0.255 e. The van der Waals surface area contributed by atoms with Gasteiger partial charge < -0.3 is 25.1 Å². The number of aryl methyl sites for hydroxylation is 1. The maximum absolute atomic E-state index is 13.1.